The number of hydrogen-bond donors (Lipinski definition) is 0. The number of hydrogen-bond acceptors (Lipinski definition) is 7. The highest BCUT2D eigenvalue weighted by molar-refractivity contribution is 5.95. The summed E-state index contributed by atoms with van der Waals surface area (Å²) in [5, 5.41) is 0. The Kier molecular flexibility index (Phi) is 3.43. The third-order valence-electron chi connectivity index (χ3n) is 4.93. The summed E-state index contributed by atoms with van der Waals surface area (Å²) >= 11 is 0. The fourth-order valence-corrected chi connectivity index (χ4v) is 3.68. The number of ether oxygens (including phenoxy) is 6. The zero-order valence-corrected chi connectivity index (χ0v) is 14.7. The van der Waals surface area contributed by atoms with Crippen LogP contribution < -0.4 is 23.7 Å². The van der Waals surface area contributed by atoms with Gasteiger partial charge in [0.1, 0.15) is 12.4 Å². The van der Waals surface area contributed by atoms with Crippen molar-refractivity contribution >= 4 is 5.97 Å². The van der Waals surface area contributed by atoms with Gasteiger partial charge in [0, 0.05) is 17.5 Å². The molecule has 0 amide bonds. The highest BCUT2D eigenvalue weighted by Gasteiger charge is 2.41. The molecule has 7 heteroatoms. The van der Waals surface area contributed by atoms with Gasteiger partial charge in [-0.05, 0) is 23.8 Å². The van der Waals surface area contributed by atoms with Gasteiger partial charge in [-0.15, -0.1) is 0 Å². The van der Waals surface area contributed by atoms with Crippen LogP contribution in [0.15, 0.2) is 41.7 Å². The Morgan fingerprint density at radius 1 is 0.926 bits per heavy atom. The average Bonchev–Trinajstić information content (AvgIpc) is 3.30. The largest absolute Gasteiger partial charge is 0.493 e. The smallest absolute Gasteiger partial charge is 0.339 e. The Labute approximate surface area is 155 Å². The van der Waals surface area contributed by atoms with Crippen molar-refractivity contribution in [2.75, 3.05) is 27.6 Å². The van der Waals surface area contributed by atoms with Gasteiger partial charge in [0.25, 0.3) is 0 Å². The third kappa shape index (κ3) is 2.31. The second-order valence-electron chi connectivity index (χ2n) is 6.31. The molecule has 0 N–H and O–H groups in total. The summed E-state index contributed by atoms with van der Waals surface area (Å²) in [5.41, 5.74) is 2.17. The molecule has 0 bridgehead atoms. The molecule has 3 aliphatic heterocycles. The van der Waals surface area contributed by atoms with E-state index < -0.39 is 0 Å². The van der Waals surface area contributed by atoms with Crippen LogP contribution in [0, 0.1) is 0 Å². The van der Waals surface area contributed by atoms with Crippen molar-refractivity contribution in [2.45, 2.75) is 5.92 Å². The Bertz CT molecular complexity index is 992. The molecule has 7 nitrogen and oxygen atoms in total. The zero-order valence-electron chi connectivity index (χ0n) is 14.7. The molecule has 3 heterocycles. The van der Waals surface area contributed by atoms with E-state index in [9.17, 15) is 4.79 Å². The number of rotatable bonds is 3. The van der Waals surface area contributed by atoms with Crippen LogP contribution in [0.3, 0.4) is 0 Å². The van der Waals surface area contributed by atoms with Crippen LogP contribution in [-0.4, -0.2) is 33.6 Å². The van der Waals surface area contributed by atoms with Crippen LogP contribution in [-0.2, 0) is 9.53 Å². The molecule has 0 unspecified atom stereocenters. The summed E-state index contributed by atoms with van der Waals surface area (Å²) in [6.45, 7) is 0.278. The summed E-state index contributed by atoms with van der Waals surface area (Å²) in [6.07, 6.45) is 0. The Morgan fingerprint density at radius 3 is 2.48 bits per heavy atom. The summed E-state index contributed by atoms with van der Waals surface area (Å²) < 4.78 is 32.9. The molecule has 0 saturated carbocycles. The SMILES string of the molecule is COc1ccc([C@H]2C3=C(COC3=O)Oc3cc4c(cc32)OCO4)cc1OC. The van der Waals surface area contributed by atoms with Crippen molar-refractivity contribution in [1.82, 2.24) is 0 Å². The number of fused-ring (bicyclic) bond motifs is 2. The fraction of sp³-hybridized carbons (Fsp3) is 0.250. The van der Waals surface area contributed by atoms with Gasteiger partial charge >= 0.3 is 5.97 Å². The van der Waals surface area contributed by atoms with Gasteiger partial charge in [0.05, 0.1) is 19.8 Å². The third-order valence-corrected chi connectivity index (χ3v) is 4.93. The van der Waals surface area contributed by atoms with Crippen molar-refractivity contribution in [3.05, 3.63) is 52.8 Å². The molecular weight excluding hydrogens is 352 g/mol. The molecule has 27 heavy (non-hydrogen) atoms. The van der Waals surface area contributed by atoms with E-state index in [-0.39, 0.29) is 25.3 Å². The first-order valence-electron chi connectivity index (χ1n) is 8.43. The van der Waals surface area contributed by atoms with Gasteiger partial charge < -0.3 is 28.4 Å². The molecule has 0 radical (unpaired) electrons. The van der Waals surface area contributed by atoms with Gasteiger partial charge in [0.15, 0.2) is 28.8 Å². The number of benzene rings is 2. The lowest BCUT2D eigenvalue weighted by Gasteiger charge is -2.26. The number of esters is 1. The predicted octanol–water partition coefficient (Wildman–Crippen LogP) is 2.77. The van der Waals surface area contributed by atoms with Gasteiger partial charge in [-0.25, -0.2) is 4.79 Å². The Hall–Kier alpha value is -3.35. The molecule has 1 atom stereocenters. The maximum atomic E-state index is 12.4. The van der Waals surface area contributed by atoms with E-state index in [1.54, 1.807) is 20.3 Å². The van der Waals surface area contributed by atoms with Crippen LogP contribution in [0.2, 0.25) is 0 Å². The minimum atomic E-state index is -0.381. The van der Waals surface area contributed by atoms with Gasteiger partial charge in [-0.2, -0.15) is 0 Å². The summed E-state index contributed by atoms with van der Waals surface area (Å²) in [4.78, 5) is 12.4. The van der Waals surface area contributed by atoms with Crippen LogP contribution in [0.25, 0.3) is 0 Å². The van der Waals surface area contributed by atoms with E-state index in [2.05, 4.69) is 0 Å². The van der Waals surface area contributed by atoms with Crippen molar-refractivity contribution < 1.29 is 33.2 Å². The van der Waals surface area contributed by atoms with E-state index in [0.717, 1.165) is 11.1 Å². The zero-order chi connectivity index (χ0) is 18.5. The fourth-order valence-electron chi connectivity index (χ4n) is 3.68. The molecule has 0 spiro atoms. The van der Waals surface area contributed by atoms with Crippen LogP contribution in [0.4, 0.5) is 0 Å². The average molecular weight is 368 g/mol. The van der Waals surface area contributed by atoms with Gasteiger partial charge in [0.2, 0.25) is 6.79 Å². The van der Waals surface area contributed by atoms with E-state index in [1.165, 1.54) is 0 Å². The quantitative estimate of drug-likeness (QED) is 0.772. The number of cyclic esters (lactones) is 1. The molecule has 0 aromatic heterocycles. The van der Waals surface area contributed by atoms with Crippen LogP contribution >= 0.6 is 0 Å². The summed E-state index contributed by atoms with van der Waals surface area (Å²) in [5.74, 6) is 2.83. The molecule has 5 rings (SSSR count). The standard InChI is InChI=1S/C20H16O7/c1-22-12-4-3-10(5-14(12)23-2)18-11-6-15-16(26-9-25-15)7-13(11)27-17-8-24-20(21)19(17)18/h3-7,18H,8-9H2,1-2H3/t18-/m1/s1. The molecule has 2 aromatic carbocycles. The maximum absolute atomic E-state index is 12.4. The lowest BCUT2D eigenvalue weighted by Crippen LogP contribution is -2.18. The first kappa shape index (κ1) is 15.9. The van der Waals surface area contributed by atoms with Crippen molar-refractivity contribution in [1.29, 1.82) is 0 Å². The van der Waals surface area contributed by atoms with Crippen molar-refractivity contribution in [3.63, 3.8) is 0 Å². The maximum Gasteiger partial charge on any atom is 0.339 e. The molecule has 138 valence electrons. The molecule has 3 aliphatic rings. The first-order chi connectivity index (χ1) is 13.2. The van der Waals surface area contributed by atoms with Gasteiger partial charge in [-0.3, -0.25) is 0 Å². The van der Waals surface area contributed by atoms with E-state index in [4.69, 9.17) is 28.4 Å². The topological polar surface area (TPSA) is 72.5 Å². The second kappa shape index (κ2) is 5.84. The first-order valence-corrected chi connectivity index (χ1v) is 8.43. The highest BCUT2D eigenvalue weighted by Crippen LogP contribution is 2.50. The lowest BCUT2D eigenvalue weighted by atomic mass is 9.82. The highest BCUT2D eigenvalue weighted by atomic mass is 16.7. The molecule has 2 aromatic rings. The summed E-state index contributed by atoms with van der Waals surface area (Å²) in [7, 11) is 3.16. The number of carbonyl (C=O) groups excluding carboxylic acids is 1. The van der Waals surface area contributed by atoms with E-state index in [0.29, 0.717) is 40.1 Å². The minimum Gasteiger partial charge on any atom is -0.493 e. The van der Waals surface area contributed by atoms with Crippen molar-refractivity contribution in [2.24, 2.45) is 0 Å². The van der Waals surface area contributed by atoms with Crippen molar-refractivity contribution in [3.8, 4) is 28.7 Å². The van der Waals surface area contributed by atoms with Crippen LogP contribution in [0.1, 0.15) is 17.0 Å². The molecular formula is C20H16O7. The molecule has 0 aliphatic carbocycles. The lowest BCUT2D eigenvalue weighted by molar-refractivity contribution is -0.136. The molecule has 0 fully saturated rings. The second-order valence-corrected chi connectivity index (χ2v) is 6.31. The van der Waals surface area contributed by atoms with E-state index in [1.807, 2.05) is 24.3 Å². The predicted molar refractivity (Wildman–Crippen MR) is 92.6 cm³/mol. The minimum absolute atomic E-state index is 0.117. The van der Waals surface area contributed by atoms with Gasteiger partial charge in [-0.1, -0.05) is 6.07 Å². The number of methoxy groups -OCH3 is 2. The van der Waals surface area contributed by atoms with Crippen LogP contribution in [0.5, 0.6) is 28.7 Å². The normalized spacial score (nSPS) is 19.2. The number of carbonyl (C=O) groups is 1. The monoisotopic (exact) mass is 368 g/mol. The van der Waals surface area contributed by atoms with E-state index >= 15 is 0 Å². The Balaban J connectivity index is 1.71. The summed E-state index contributed by atoms with van der Waals surface area (Å²) in [6, 6.07) is 9.23. The Morgan fingerprint density at radius 2 is 1.70 bits per heavy atom. The molecule has 0 saturated heterocycles.